The van der Waals surface area contributed by atoms with E-state index < -0.39 is 0 Å². The van der Waals surface area contributed by atoms with Crippen molar-refractivity contribution in [1.82, 2.24) is 15.0 Å². The lowest BCUT2D eigenvalue weighted by atomic mass is 9.91. The number of hydrogen-bond acceptors (Lipinski definition) is 5. The van der Waals surface area contributed by atoms with Crippen molar-refractivity contribution in [2.24, 2.45) is 0 Å². The highest BCUT2D eigenvalue weighted by Crippen LogP contribution is 2.42. The molecule has 0 bridgehead atoms. The number of ether oxygens (including phenoxy) is 1. The number of nitrogens with one attached hydrogen (secondary N) is 1. The van der Waals surface area contributed by atoms with Gasteiger partial charge in [0.2, 0.25) is 5.95 Å². The molecule has 172 valence electrons. The number of anilines is 2. The highest BCUT2D eigenvalue weighted by Gasteiger charge is 2.33. The first-order valence-corrected chi connectivity index (χ1v) is 12.5. The predicted octanol–water partition coefficient (Wildman–Crippen LogP) is 5.04. The summed E-state index contributed by atoms with van der Waals surface area (Å²) in [4.78, 5) is 18.3. The second kappa shape index (κ2) is 8.05. The first-order chi connectivity index (χ1) is 16.8. The third-order valence-corrected chi connectivity index (χ3v) is 7.63. The van der Waals surface area contributed by atoms with Crippen molar-refractivity contribution in [3.8, 4) is 5.75 Å². The molecule has 3 aliphatic rings. The van der Waals surface area contributed by atoms with Crippen LogP contribution in [0.3, 0.4) is 0 Å². The van der Waals surface area contributed by atoms with Gasteiger partial charge in [-0.3, -0.25) is 0 Å². The monoisotopic (exact) mass is 451 g/mol. The quantitative estimate of drug-likeness (QED) is 0.473. The standard InChI is InChI=1S/C28H29N5O/c1-4-14-32(15-5-1)28-29-13-10-25(31-28)33-16-11-22-21-6-2-3-7-23(21)30-26(22)27(33)20-8-9-24-19(18-20)12-17-34-24/h2-3,6-10,13,18,27,30H,1,4-5,11-12,14-17H2. The van der Waals surface area contributed by atoms with Crippen LogP contribution in [0.2, 0.25) is 0 Å². The molecule has 3 aliphatic heterocycles. The molecule has 6 heteroatoms. The maximum absolute atomic E-state index is 5.81. The van der Waals surface area contributed by atoms with Crippen molar-refractivity contribution in [1.29, 1.82) is 0 Å². The van der Waals surface area contributed by atoms with Gasteiger partial charge in [0.25, 0.3) is 0 Å². The van der Waals surface area contributed by atoms with Gasteiger partial charge in [-0.05, 0) is 66.6 Å². The zero-order valence-electron chi connectivity index (χ0n) is 19.3. The summed E-state index contributed by atoms with van der Waals surface area (Å²) in [5, 5.41) is 1.34. The summed E-state index contributed by atoms with van der Waals surface area (Å²) in [6.45, 7) is 3.78. The van der Waals surface area contributed by atoms with E-state index in [-0.39, 0.29) is 6.04 Å². The van der Waals surface area contributed by atoms with Gasteiger partial charge in [0.1, 0.15) is 11.6 Å². The van der Waals surface area contributed by atoms with Crippen LogP contribution in [0, 0.1) is 0 Å². The molecule has 1 unspecified atom stereocenters. The maximum Gasteiger partial charge on any atom is 0.227 e. The van der Waals surface area contributed by atoms with Crippen molar-refractivity contribution in [2.45, 2.75) is 38.1 Å². The number of nitrogens with zero attached hydrogens (tertiary/aromatic N) is 4. The molecule has 34 heavy (non-hydrogen) atoms. The van der Waals surface area contributed by atoms with Gasteiger partial charge in [-0.1, -0.05) is 24.3 Å². The Labute approximate surface area is 199 Å². The van der Waals surface area contributed by atoms with E-state index in [9.17, 15) is 0 Å². The average molecular weight is 452 g/mol. The zero-order chi connectivity index (χ0) is 22.5. The van der Waals surface area contributed by atoms with Gasteiger partial charge < -0.3 is 19.5 Å². The molecule has 1 fully saturated rings. The van der Waals surface area contributed by atoms with Gasteiger partial charge in [-0.25, -0.2) is 4.98 Å². The number of aromatic nitrogens is 3. The van der Waals surface area contributed by atoms with Crippen molar-refractivity contribution in [3.63, 3.8) is 0 Å². The van der Waals surface area contributed by atoms with E-state index in [1.165, 1.54) is 52.5 Å². The topological polar surface area (TPSA) is 57.3 Å². The minimum Gasteiger partial charge on any atom is -0.493 e. The molecule has 7 rings (SSSR count). The number of aromatic amines is 1. The van der Waals surface area contributed by atoms with Crippen molar-refractivity contribution in [3.05, 3.63) is 77.1 Å². The fourth-order valence-electron chi connectivity index (χ4n) is 5.96. The normalized spacial score (nSPS) is 19.7. The first-order valence-electron chi connectivity index (χ1n) is 12.5. The zero-order valence-corrected chi connectivity index (χ0v) is 19.3. The molecule has 0 aliphatic carbocycles. The minimum atomic E-state index is 0.0751. The highest BCUT2D eigenvalue weighted by atomic mass is 16.5. The Balaban J connectivity index is 1.35. The molecule has 5 heterocycles. The minimum absolute atomic E-state index is 0.0751. The molecule has 2 aromatic heterocycles. The van der Waals surface area contributed by atoms with E-state index in [1.54, 1.807) is 0 Å². The van der Waals surface area contributed by atoms with E-state index in [1.807, 2.05) is 6.20 Å². The molecular weight excluding hydrogens is 422 g/mol. The molecule has 0 amide bonds. The summed E-state index contributed by atoms with van der Waals surface area (Å²) in [6.07, 6.45) is 7.64. The van der Waals surface area contributed by atoms with Gasteiger partial charge in [0.05, 0.1) is 12.6 Å². The maximum atomic E-state index is 5.81. The Hall–Kier alpha value is -3.54. The van der Waals surface area contributed by atoms with Crippen LogP contribution in [0.4, 0.5) is 11.8 Å². The number of fused-ring (bicyclic) bond motifs is 4. The van der Waals surface area contributed by atoms with Crippen LogP contribution in [0.25, 0.3) is 10.9 Å². The summed E-state index contributed by atoms with van der Waals surface area (Å²) in [6, 6.07) is 17.5. The summed E-state index contributed by atoms with van der Waals surface area (Å²) >= 11 is 0. The number of benzene rings is 2. The van der Waals surface area contributed by atoms with Crippen LogP contribution in [0.15, 0.2) is 54.7 Å². The van der Waals surface area contributed by atoms with Crippen LogP contribution in [-0.4, -0.2) is 41.2 Å². The van der Waals surface area contributed by atoms with Gasteiger partial charge in [0.15, 0.2) is 0 Å². The summed E-state index contributed by atoms with van der Waals surface area (Å²) in [5.74, 6) is 2.89. The third kappa shape index (κ3) is 3.23. The second-order valence-corrected chi connectivity index (χ2v) is 9.64. The lowest BCUT2D eigenvalue weighted by Crippen LogP contribution is -2.37. The third-order valence-electron chi connectivity index (χ3n) is 7.63. The summed E-state index contributed by atoms with van der Waals surface area (Å²) in [7, 11) is 0. The number of piperidine rings is 1. The lowest BCUT2D eigenvalue weighted by Gasteiger charge is -2.37. The largest absolute Gasteiger partial charge is 0.493 e. The highest BCUT2D eigenvalue weighted by molar-refractivity contribution is 5.86. The first kappa shape index (κ1) is 19.9. The van der Waals surface area contributed by atoms with Gasteiger partial charge in [-0.2, -0.15) is 4.98 Å². The molecule has 4 aromatic rings. The van der Waals surface area contributed by atoms with Gasteiger partial charge in [0, 0.05) is 48.8 Å². The molecule has 1 N–H and O–H groups in total. The van der Waals surface area contributed by atoms with Crippen molar-refractivity contribution >= 4 is 22.7 Å². The SMILES string of the molecule is c1ccc2c3c([nH]c2c1)C(c1ccc2c(c1)CCO2)N(c1ccnc(N2CCCCC2)n1)CC3. The van der Waals surface area contributed by atoms with E-state index >= 15 is 0 Å². The number of hydrogen-bond donors (Lipinski definition) is 1. The molecule has 0 radical (unpaired) electrons. The fraction of sp³-hybridized carbons (Fsp3) is 0.357. The lowest BCUT2D eigenvalue weighted by molar-refractivity contribution is 0.357. The fourth-order valence-corrected chi connectivity index (χ4v) is 5.96. The Bertz CT molecular complexity index is 1360. The molecule has 0 saturated carbocycles. The van der Waals surface area contributed by atoms with E-state index in [0.29, 0.717) is 0 Å². The van der Waals surface area contributed by atoms with Crippen molar-refractivity contribution in [2.75, 3.05) is 36.0 Å². The van der Waals surface area contributed by atoms with Gasteiger partial charge in [-0.15, -0.1) is 0 Å². The average Bonchev–Trinajstić information content (AvgIpc) is 3.53. The number of rotatable bonds is 3. The van der Waals surface area contributed by atoms with E-state index in [0.717, 1.165) is 56.6 Å². The van der Waals surface area contributed by atoms with Crippen LogP contribution in [0.5, 0.6) is 5.75 Å². The molecule has 1 atom stereocenters. The van der Waals surface area contributed by atoms with Crippen LogP contribution < -0.4 is 14.5 Å². The smallest absolute Gasteiger partial charge is 0.227 e. The summed E-state index contributed by atoms with van der Waals surface area (Å²) < 4.78 is 5.81. The Morgan fingerprint density at radius 1 is 0.941 bits per heavy atom. The van der Waals surface area contributed by atoms with Crippen LogP contribution >= 0.6 is 0 Å². The van der Waals surface area contributed by atoms with Crippen molar-refractivity contribution < 1.29 is 4.74 Å². The molecule has 2 aromatic carbocycles. The van der Waals surface area contributed by atoms with Gasteiger partial charge >= 0.3 is 0 Å². The van der Waals surface area contributed by atoms with Crippen LogP contribution in [-0.2, 0) is 12.8 Å². The molecule has 1 saturated heterocycles. The Morgan fingerprint density at radius 2 is 1.85 bits per heavy atom. The second-order valence-electron chi connectivity index (χ2n) is 9.64. The molecule has 0 spiro atoms. The van der Waals surface area contributed by atoms with E-state index in [2.05, 4.69) is 68.3 Å². The Kier molecular flexibility index (Phi) is 4.71. The Morgan fingerprint density at radius 3 is 2.79 bits per heavy atom. The van der Waals surface area contributed by atoms with E-state index in [4.69, 9.17) is 9.72 Å². The number of para-hydroxylation sites is 1. The predicted molar refractivity (Wildman–Crippen MR) is 135 cm³/mol. The van der Waals surface area contributed by atoms with Crippen LogP contribution in [0.1, 0.15) is 47.7 Å². The molecular formula is C28H29N5O. The number of H-pyrrole nitrogens is 1. The summed E-state index contributed by atoms with van der Waals surface area (Å²) in [5.41, 5.74) is 6.51. The molecule has 6 nitrogen and oxygen atoms in total.